The molecule has 0 radical (unpaired) electrons. The van der Waals surface area contributed by atoms with Gasteiger partial charge < -0.3 is 9.47 Å². The van der Waals surface area contributed by atoms with Gasteiger partial charge in [-0.15, -0.1) is 0 Å². The van der Waals surface area contributed by atoms with E-state index in [0.29, 0.717) is 31.2 Å². The highest BCUT2D eigenvalue weighted by molar-refractivity contribution is 14.1. The molecule has 1 aliphatic heterocycles. The molecule has 23 heavy (non-hydrogen) atoms. The Hall–Kier alpha value is -0.870. The fourth-order valence-corrected chi connectivity index (χ4v) is 4.02. The van der Waals surface area contributed by atoms with Crippen LogP contribution in [0.15, 0.2) is 18.2 Å². The summed E-state index contributed by atoms with van der Waals surface area (Å²) in [5, 5.41) is 0. The van der Waals surface area contributed by atoms with E-state index in [0.717, 1.165) is 22.2 Å². The topological polar surface area (TPSA) is 72.9 Å². The van der Waals surface area contributed by atoms with Crippen molar-refractivity contribution in [1.29, 1.82) is 0 Å². The molecule has 0 amide bonds. The highest BCUT2D eigenvalue weighted by atomic mass is 127. The van der Waals surface area contributed by atoms with Crippen LogP contribution in [-0.4, -0.2) is 51.8 Å². The smallest absolute Gasteiger partial charge is 0.337 e. The van der Waals surface area contributed by atoms with Crippen LogP contribution in [0.25, 0.3) is 0 Å². The van der Waals surface area contributed by atoms with Crippen LogP contribution in [0, 0.1) is 9.49 Å². The molecule has 6 nitrogen and oxygen atoms in total. The second-order valence-corrected chi connectivity index (χ2v) is 8.70. The SMILES string of the molecule is COC(=O)c1ccc(OCC2CCN(S(C)(=O)=O)CC2)c(I)c1. The van der Waals surface area contributed by atoms with Crippen LogP contribution in [0.5, 0.6) is 5.75 Å². The minimum atomic E-state index is -3.09. The number of carbonyl (C=O) groups excluding carboxylic acids is 1. The molecule has 1 fully saturated rings. The predicted octanol–water partition coefficient (Wildman–Crippen LogP) is 2.13. The maximum absolute atomic E-state index is 11.5. The Labute approximate surface area is 150 Å². The third-order valence-electron chi connectivity index (χ3n) is 3.87. The largest absolute Gasteiger partial charge is 0.492 e. The summed E-state index contributed by atoms with van der Waals surface area (Å²) in [7, 11) is -1.74. The molecule has 128 valence electrons. The third kappa shape index (κ3) is 5.05. The van der Waals surface area contributed by atoms with Crippen molar-refractivity contribution in [2.45, 2.75) is 12.8 Å². The van der Waals surface area contributed by atoms with Crippen molar-refractivity contribution in [3.05, 3.63) is 27.3 Å². The average Bonchev–Trinajstić information content (AvgIpc) is 2.52. The van der Waals surface area contributed by atoms with E-state index in [1.807, 2.05) is 0 Å². The number of benzene rings is 1. The number of methoxy groups -OCH3 is 1. The van der Waals surface area contributed by atoms with E-state index in [4.69, 9.17) is 4.74 Å². The van der Waals surface area contributed by atoms with Crippen molar-refractivity contribution in [2.24, 2.45) is 5.92 Å². The van der Waals surface area contributed by atoms with Gasteiger partial charge in [-0.2, -0.15) is 0 Å². The summed E-state index contributed by atoms with van der Waals surface area (Å²) >= 11 is 2.12. The maximum Gasteiger partial charge on any atom is 0.337 e. The Morgan fingerprint density at radius 1 is 1.35 bits per heavy atom. The molecule has 0 atom stereocenters. The van der Waals surface area contributed by atoms with Gasteiger partial charge in [0.1, 0.15) is 5.75 Å². The molecular formula is C15H20INO5S. The van der Waals surface area contributed by atoms with Crippen molar-refractivity contribution >= 4 is 38.6 Å². The fraction of sp³-hybridized carbons (Fsp3) is 0.533. The van der Waals surface area contributed by atoms with Crippen molar-refractivity contribution in [2.75, 3.05) is 33.1 Å². The first-order valence-electron chi connectivity index (χ1n) is 7.27. The van der Waals surface area contributed by atoms with Gasteiger partial charge in [-0.05, 0) is 59.5 Å². The van der Waals surface area contributed by atoms with Gasteiger partial charge in [0.2, 0.25) is 10.0 Å². The Bertz CT molecular complexity index is 668. The molecule has 1 saturated heterocycles. The van der Waals surface area contributed by atoms with Crippen molar-refractivity contribution in [3.63, 3.8) is 0 Å². The molecule has 2 rings (SSSR count). The summed E-state index contributed by atoms with van der Waals surface area (Å²) in [6.07, 6.45) is 2.84. The number of hydrogen-bond donors (Lipinski definition) is 0. The van der Waals surface area contributed by atoms with Gasteiger partial charge in [0.05, 0.1) is 29.1 Å². The predicted molar refractivity (Wildman–Crippen MR) is 95.1 cm³/mol. The first-order valence-corrected chi connectivity index (χ1v) is 10.2. The van der Waals surface area contributed by atoms with Crippen LogP contribution in [-0.2, 0) is 14.8 Å². The average molecular weight is 453 g/mol. The molecule has 8 heteroatoms. The van der Waals surface area contributed by atoms with E-state index in [1.54, 1.807) is 18.2 Å². The zero-order valence-electron chi connectivity index (χ0n) is 13.1. The van der Waals surface area contributed by atoms with Crippen LogP contribution < -0.4 is 4.74 Å². The van der Waals surface area contributed by atoms with Gasteiger partial charge >= 0.3 is 5.97 Å². The van der Waals surface area contributed by atoms with Crippen LogP contribution in [0.1, 0.15) is 23.2 Å². The molecule has 0 unspecified atom stereocenters. The minimum absolute atomic E-state index is 0.337. The van der Waals surface area contributed by atoms with Gasteiger partial charge in [0.15, 0.2) is 0 Å². The summed E-state index contributed by atoms with van der Waals surface area (Å²) in [6.45, 7) is 1.64. The molecule has 1 aromatic carbocycles. The summed E-state index contributed by atoms with van der Waals surface area (Å²) < 4.78 is 35.9. The molecule has 0 aliphatic carbocycles. The molecule has 0 spiro atoms. The Balaban J connectivity index is 1.89. The van der Waals surface area contributed by atoms with E-state index < -0.39 is 10.0 Å². The van der Waals surface area contributed by atoms with Gasteiger partial charge in [-0.25, -0.2) is 17.5 Å². The second-order valence-electron chi connectivity index (χ2n) is 5.55. The van der Waals surface area contributed by atoms with E-state index in [-0.39, 0.29) is 5.97 Å². The molecule has 0 N–H and O–H groups in total. The number of nitrogens with zero attached hydrogens (tertiary/aromatic N) is 1. The van der Waals surface area contributed by atoms with Crippen LogP contribution >= 0.6 is 22.6 Å². The highest BCUT2D eigenvalue weighted by Gasteiger charge is 2.25. The zero-order chi connectivity index (χ0) is 17.0. The fourth-order valence-electron chi connectivity index (χ4n) is 2.48. The number of sulfonamides is 1. The minimum Gasteiger partial charge on any atom is -0.492 e. The van der Waals surface area contributed by atoms with Crippen LogP contribution in [0.3, 0.4) is 0 Å². The molecular weight excluding hydrogens is 433 g/mol. The number of esters is 1. The van der Waals surface area contributed by atoms with Gasteiger partial charge in [-0.1, -0.05) is 0 Å². The number of piperidine rings is 1. The van der Waals surface area contributed by atoms with Crippen molar-refractivity contribution in [3.8, 4) is 5.75 Å². The monoisotopic (exact) mass is 453 g/mol. The van der Waals surface area contributed by atoms with Crippen molar-refractivity contribution < 1.29 is 22.7 Å². The summed E-state index contributed by atoms with van der Waals surface area (Å²) in [5.74, 6) is 0.690. The number of carbonyl (C=O) groups is 1. The van der Waals surface area contributed by atoms with Crippen LogP contribution in [0.4, 0.5) is 0 Å². The Kier molecular flexibility index (Phi) is 6.26. The van der Waals surface area contributed by atoms with Gasteiger partial charge in [0, 0.05) is 13.1 Å². The summed E-state index contributed by atoms with van der Waals surface area (Å²) in [6, 6.07) is 5.17. The summed E-state index contributed by atoms with van der Waals surface area (Å²) in [4.78, 5) is 11.5. The van der Waals surface area contributed by atoms with E-state index in [9.17, 15) is 13.2 Å². The maximum atomic E-state index is 11.5. The van der Waals surface area contributed by atoms with Crippen LogP contribution in [0.2, 0.25) is 0 Å². The lowest BCUT2D eigenvalue weighted by Crippen LogP contribution is -2.39. The molecule has 1 aliphatic rings. The lowest BCUT2D eigenvalue weighted by atomic mass is 9.99. The number of hydrogen-bond acceptors (Lipinski definition) is 5. The van der Waals surface area contributed by atoms with Crippen molar-refractivity contribution in [1.82, 2.24) is 4.31 Å². The lowest BCUT2D eigenvalue weighted by molar-refractivity contribution is 0.0600. The lowest BCUT2D eigenvalue weighted by Gasteiger charge is -2.30. The zero-order valence-corrected chi connectivity index (χ0v) is 16.1. The van der Waals surface area contributed by atoms with Gasteiger partial charge in [0.25, 0.3) is 0 Å². The van der Waals surface area contributed by atoms with E-state index in [2.05, 4.69) is 27.3 Å². The first kappa shape index (κ1) is 18.5. The molecule has 0 aromatic heterocycles. The normalized spacial score (nSPS) is 17.0. The first-order chi connectivity index (χ1) is 10.8. The number of ether oxygens (including phenoxy) is 2. The summed E-state index contributed by atoms with van der Waals surface area (Å²) in [5.41, 5.74) is 0.491. The number of halogens is 1. The van der Waals surface area contributed by atoms with E-state index in [1.165, 1.54) is 17.7 Å². The third-order valence-corrected chi connectivity index (χ3v) is 6.02. The molecule has 0 bridgehead atoms. The van der Waals surface area contributed by atoms with E-state index >= 15 is 0 Å². The Morgan fingerprint density at radius 2 is 2.00 bits per heavy atom. The molecule has 0 saturated carbocycles. The number of rotatable bonds is 5. The quantitative estimate of drug-likeness (QED) is 0.505. The molecule has 1 aromatic rings. The standard InChI is InChI=1S/C15H20INO5S/c1-21-15(18)12-3-4-14(13(16)9-12)22-10-11-5-7-17(8-6-11)23(2,19)20/h3-4,9,11H,5-8,10H2,1-2H3. The Morgan fingerprint density at radius 3 is 2.52 bits per heavy atom. The molecule has 1 heterocycles. The highest BCUT2D eigenvalue weighted by Crippen LogP contribution is 2.25. The van der Waals surface area contributed by atoms with Gasteiger partial charge in [-0.3, -0.25) is 0 Å². The second kappa shape index (κ2) is 7.80.